The normalized spacial score (nSPS) is 12.0. The van der Waals surface area contributed by atoms with Gasteiger partial charge in [0.05, 0.1) is 6.54 Å². The van der Waals surface area contributed by atoms with Crippen molar-refractivity contribution >= 4 is 0 Å². The first-order valence-electron chi connectivity index (χ1n) is 5.78. The summed E-state index contributed by atoms with van der Waals surface area (Å²) in [7, 11) is 1.75. The summed E-state index contributed by atoms with van der Waals surface area (Å²) in [6.45, 7) is 9.03. The molecule has 1 rings (SSSR count). The van der Waals surface area contributed by atoms with Crippen LogP contribution in [-0.2, 0) is 11.3 Å². The summed E-state index contributed by atoms with van der Waals surface area (Å²) in [5, 5.41) is 3.41. The van der Waals surface area contributed by atoms with Gasteiger partial charge in [0.1, 0.15) is 11.5 Å². The van der Waals surface area contributed by atoms with E-state index in [1.165, 1.54) is 0 Å². The van der Waals surface area contributed by atoms with Crippen LogP contribution in [0.5, 0.6) is 0 Å². The monoisotopic (exact) mass is 225 g/mol. The van der Waals surface area contributed by atoms with Crippen molar-refractivity contribution in [1.29, 1.82) is 0 Å². The Morgan fingerprint density at radius 1 is 1.38 bits per heavy atom. The third-order valence-electron chi connectivity index (χ3n) is 2.68. The molecular formula is C13H23NO2. The van der Waals surface area contributed by atoms with Crippen molar-refractivity contribution in [3.05, 3.63) is 23.7 Å². The van der Waals surface area contributed by atoms with E-state index in [4.69, 9.17) is 9.15 Å². The minimum absolute atomic E-state index is 0.262. The van der Waals surface area contributed by atoms with Gasteiger partial charge in [-0.25, -0.2) is 0 Å². The molecule has 0 saturated heterocycles. The number of methoxy groups -OCH3 is 1. The molecule has 16 heavy (non-hydrogen) atoms. The van der Waals surface area contributed by atoms with Crippen LogP contribution in [0.1, 0.15) is 31.8 Å². The maximum atomic E-state index is 5.49. The average Bonchev–Trinajstić information content (AvgIpc) is 2.61. The molecular weight excluding hydrogens is 202 g/mol. The van der Waals surface area contributed by atoms with Gasteiger partial charge in [0.15, 0.2) is 0 Å². The van der Waals surface area contributed by atoms with E-state index < -0.39 is 0 Å². The highest BCUT2D eigenvalue weighted by molar-refractivity contribution is 5.05. The largest absolute Gasteiger partial charge is 0.465 e. The third-order valence-corrected chi connectivity index (χ3v) is 2.68. The number of hydrogen-bond acceptors (Lipinski definition) is 3. The van der Waals surface area contributed by atoms with E-state index in [9.17, 15) is 0 Å². The fraction of sp³-hybridized carbons (Fsp3) is 0.692. The Labute approximate surface area is 98.2 Å². The second-order valence-electron chi connectivity index (χ2n) is 5.02. The quantitative estimate of drug-likeness (QED) is 0.775. The maximum absolute atomic E-state index is 5.49. The minimum Gasteiger partial charge on any atom is -0.465 e. The van der Waals surface area contributed by atoms with Crippen LogP contribution in [0.3, 0.4) is 0 Å². The van der Waals surface area contributed by atoms with Crippen LogP contribution in [0.2, 0.25) is 0 Å². The Bertz CT molecular complexity index is 305. The van der Waals surface area contributed by atoms with E-state index >= 15 is 0 Å². The second-order valence-corrected chi connectivity index (χ2v) is 5.02. The van der Waals surface area contributed by atoms with Crippen LogP contribution < -0.4 is 5.32 Å². The molecule has 92 valence electrons. The van der Waals surface area contributed by atoms with E-state index in [-0.39, 0.29) is 5.41 Å². The fourth-order valence-electron chi connectivity index (χ4n) is 1.57. The molecule has 0 aromatic carbocycles. The SMILES string of the molecule is COCCC(C)(C)CNCc1ccc(C)o1. The van der Waals surface area contributed by atoms with Crippen LogP contribution in [0.4, 0.5) is 0 Å². The highest BCUT2D eigenvalue weighted by atomic mass is 16.5. The van der Waals surface area contributed by atoms with E-state index in [1.54, 1.807) is 7.11 Å². The lowest BCUT2D eigenvalue weighted by Crippen LogP contribution is -2.30. The number of hydrogen-bond donors (Lipinski definition) is 1. The topological polar surface area (TPSA) is 34.4 Å². The van der Waals surface area contributed by atoms with Gasteiger partial charge in [-0.15, -0.1) is 0 Å². The van der Waals surface area contributed by atoms with Crippen molar-refractivity contribution in [2.45, 2.75) is 33.7 Å². The Kier molecular flexibility index (Phi) is 5.03. The Morgan fingerprint density at radius 3 is 2.69 bits per heavy atom. The first-order chi connectivity index (χ1) is 7.53. The lowest BCUT2D eigenvalue weighted by Gasteiger charge is -2.24. The summed E-state index contributed by atoms with van der Waals surface area (Å²) in [4.78, 5) is 0. The highest BCUT2D eigenvalue weighted by Gasteiger charge is 2.16. The van der Waals surface area contributed by atoms with Gasteiger partial charge in [0.2, 0.25) is 0 Å². The maximum Gasteiger partial charge on any atom is 0.117 e. The van der Waals surface area contributed by atoms with E-state index in [2.05, 4.69) is 19.2 Å². The summed E-state index contributed by atoms with van der Waals surface area (Å²) >= 11 is 0. The molecule has 3 nitrogen and oxygen atoms in total. The van der Waals surface area contributed by atoms with Gasteiger partial charge in [-0.05, 0) is 30.9 Å². The van der Waals surface area contributed by atoms with Crippen molar-refractivity contribution in [3.8, 4) is 0 Å². The molecule has 0 aliphatic rings. The van der Waals surface area contributed by atoms with Gasteiger partial charge in [0.25, 0.3) is 0 Å². The smallest absolute Gasteiger partial charge is 0.117 e. The Morgan fingerprint density at radius 2 is 2.12 bits per heavy atom. The van der Waals surface area contributed by atoms with Crippen molar-refractivity contribution in [2.75, 3.05) is 20.3 Å². The second kappa shape index (κ2) is 6.06. The lowest BCUT2D eigenvalue weighted by molar-refractivity contribution is 0.150. The number of rotatable bonds is 7. The molecule has 0 fully saturated rings. The van der Waals surface area contributed by atoms with E-state index in [0.717, 1.165) is 37.6 Å². The molecule has 0 spiro atoms. The van der Waals surface area contributed by atoms with Crippen LogP contribution in [-0.4, -0.2) is 20.3 Å². The van der Waals surface area contributed by atoms with Crippen LogP contribution >= 0.6 is 0 Å². The summed E-state index contributed by atoms with van der Waals surface area (Å²) in [5.41, 5.74) is 0.262. The van der Waals surface area contributed by atoms with Crippen molar-refractivity contribution in [2.24, 2.45) is 5.41 Å². The first-order valence-corrected chi connectivity index (χ1v) is 5.78. The van der Waals surface area contributed by atoms with Gasteiger partial charge >= 0.3 is 0 Å². The highest BCUT2D eigenvalue weighted by Crippen LogP contribution is 2.19. The molecule has 0 atom stereocenters. The molecule has 0 bridgehead atoms. The van der Waals surface area contributed by atoms with E-state index in [0.29, 0.717) is 0 Å². The molecule has 0 saturated carbocycles. The number of furan rings is 1. The zero-order valence-electron chi connectivity index (χ0n) is 10.8. The summed E-state index contributed by atoms with van der Waals surface area (Å²) in [6, 6.07) is 4.01. The molecule has 1 aromatic rings. The van der Waals surface area contributed by atoms with Gasteiger partial charge in [-0.1, -0.05) is 13.8 Å². The number of aryl methyl sites for hydroxylation is 1. The fourth-order valence-corrected chi connectivity index (χ4v) is 1.57. The molecule has 0 unspecified atom stereocenters. The van der Waals surface area contributed by atoms with Crippen molar-refractivity contribution < 1.29 is 9.15 Å². The van der Waals surface area contributed by atoms with Crippen LogP contribution in [0.25, 0.3) is 0 Å². The van der Waals surface area contributed by atoms with Crippen LogP contribution in [0, 0.1) is 12.3 Å². The average molecular weight is 225 g/mol. The molecule has 0 aliphatic heterocycles. The van der Waals surface area contributed by atoms with Gasteiger partial charge in [0, 0.05) is 20.3 Å². The predicted octanol–water partition coefficient (Wildman–Crippen LogP) is 2.74. The summed E-state index contributed by atoms with van der Waals surface area (Å²) < 4.78 is 10.6. The summed E-state index contributed by atoms with van der Waals surface area (Å²) in [5.74, 6) is 1.97. The minimum atomic E-state index is 0.262. The van der Waals surface area contributed by atoms with Gasteiger partial charge in [-0.2, -0.15) is 0 Å². The third kappa shape index (κ3) is 4.81. The number of nitrogens with one attached hydrogen (secondary N) is 1. The Balaban J connectivity index is 2.24. The molecule has 1 aromatic heterocycles. The molecule has 0 radical (unpaired) electrons. The van der Waals surface area contributed by atoms with Gasteiger partial charge < -0.3 is 14.5 Å². The molecule has 1 heterocycles. The van der Waals surface area contributed by atoms with Crippen molar-refractivity contribution in [1.82, 2.24) is 5.32 Å². The first kappa shape index (κ1) is 13.3. The van der Waals surface area contributed by atoms with Gasteiger partial charge in [-0.3, -0.25) is 0 Å². The molecule has 0 amide bonds. The van der Waals surface area contributed by atoms with E-state index in [1.807, 2.05) is 19.1 Å². The molecule has 3 heteroatoms. The Hall–Kier alpha value is -0.800. The predicted molar refractivity (Wildman–Crippen MR) is 65.4 cm³/mol. The zero-order valence-corrected chi connectivity index (χ0v) is 10.8. The summed E-state index contributed by atoms with van der Waals surface area (Å²) in [6.07, 6.45) is 1.06. The molecule has 0 aliphatic carbocycles. The van der Waals surface area contributed by atoms with Crippen LogP contribution in [0.15, 0.2) is 16.5 Å². The van der Waals surface area contributed by atoms with Crippen molar-refractivity contribution in [3.63, 3.8) is 0 Å². The lowest BCUT2D eigenvalue weighted by atomic mass is 9.90. The standard InChI is InChI=1S/C13H23NO2/c1-11-5-6-12(16-11)9-14-10-13(2,3)7-8-15-4/h5-6,14H,7-10H2,1-4H3. The zero-order chi connectivity index (χ0) is 12.0. The molecule has 1 N–H and O–H groups in total. The number of ether oxygens (including phenoxy) is 1.